The van der Waals surface area contributed by atoms with Crippen LogP contribution >= 0.6 is 0 Å². The van der Waals surface area contributed by atoms with Crippen molar-refractivity contribution in [2.24, 2.45) is 0 Å². The van der Waals surface area contributed by atoms with Crippen LogP contribution in [0.25, 0.3) is 0 Å². The number of amides is 1. The highest BCUT2D eigenvalue weighted by molar-refractivity contribution is 7.92. The van der Waals surface area contributed by atoms with Gasteiger partial charge in [-0.3, -0.25) is 14.5 Å². The SMILES string of the molecule is C[C@@H](c1ccncc1)N(C)C(=O)c1cccc(NS(C)(=O)=O)c1. The number of rotatable bonds is 5. The number of carbonyl (C=O) groups excluding carboxylic acids is 1. The zero-order chi connectivity index (χ0) is 17.0. The Morgan fingerprint density at radius 1 is 1.22 bits per heavy atom. The number of sulfonamides is 1. The number of nitrogens with zero attached hydrogens (tertiary/aromatic N) is 2. The zero-order valence-corrected chi connectivity index (χ0v) is 14.0. The highest BCUT2D eigenvalue weighted by Gasteiger charge is 2.19. The smallest absolute Gasteiger partial charge is 0.254 e. The minimum Gasteiger partial charge on any atom is -0.335 e. The Morgan fingerprint density at radius 2 is 1.87 bits per heavy atom. The molecule has 122 valence electrons. The lowest BCUT2D eigenvalue weighted by Crippen LogP contribution is -2.29. The molecule has 0 fully saturated rings. The quantitative estimate of drug-likeness (QED) is 0.910. The standard InChI is InChI=1S/C16H19N3O3S/c1-12(13-7-9-17-10-8-13)19(2)16(20)14-5-4-6-15(11-14)18-23(3,21)22/h4-12,18H,1-3H3/t12-/m0/s1. The van der Waals surface area contributed by atoms with Crippen LogP contribution < -0.4 is 4.72 Å². The van der Waals surface area contributed by atoms with E-state index in [1.165, 1.54) is 6.07 Å². The predicted molar refractivity (Wildman–Crippen MR) is 89.7 cm³/mol. The van der Waals surface area contributed by atoms with E-state index in [0.717, 1.165) is 11.8 Å². The first-order valence-corrected chi connectivity index (χ1v) is 8.92. The van der Waals surface area contributed by atoms with E-state index in [9.17, 15) is 13.2 Å². The van der Waals surface area contributed by atoms with Gasteiger partial charge in [-0.15, -0.1) is 0 Å². The van der Waals surface area contributed by atoms with Gasteiger partial charge in [0.05, 0.1) is 12.3 Å². The van der Waals surface area contributed by atoms with Crippen molar-refractivity contribution in [3.05, 3.63) is 59.9 Å². The number of hydrogen-bond donors (Lipinski definition) is 1. The van der Waals surface area contributed by atoms with Crippen molar-refractivity contribution in [2.75, 3.05) is 18.0 Å². The van der Waals surface area contributed by atoms with E-state index < -0.39 is 10.0 Å². The number of pyridine rings is 1. The summed E-state index contributed by atoms with van der Waals surface area (Å²) in [5, 5.41) is 0. The third kappa shape index (κ3) is 4.53. The Balaban J connectivity index is 2.21. The molecule has 1 amide bonds. The Morgan fingerprint density at radius 3 is 2.48 bits per heavy atom. The largest absolute Gasteiger partial charge is 0.335 e. The van der Waals surface area contributed by atoms with Crippen LogP contribution in [-0.4, -0.2) is 37.5 Å². The van der Waals surface area contributed by atoms with Gasteiger partial charge in [0.2, 0.25) is 10.0 Å². The summed E-state index contributed by atoms with van der Waals surface area (Å²) in [6, 6.07) is 10.0. The first kappa shape index (κ1) is 17.0. The van der Waals surface area contributed by atoms with Crippen LogP contribution in [0.4, 0.5) is 5.69 Å². The van der Waals surface area contributed by atoms with Gasteiger partial charge in [0.25, 0.3) is 5.91 Å². The maximum Gasteiger partial charge on any atom is 0.254 e. The fraction of sp³-hybridized carbons (Fsp3) is 0.250. The molecule has 2 rings (SSSR count). The van der Waals surface area contributed by atoms with Crippen molar-refractivity contribution >= 4 is 21.6 Å². The summed E-state index contributed by atoms with van der Waals surface area (Å²) in [5.74, 6) is -0.188. The van der Waals surface area contributed by atoms with Crippen molar-refractivity contribution in [3.63, 3.8) is 0 Å². The summed E-state index contributed by atoms with van der Waals surface area (Å²) < 4.78 is 25.0. The van der Waals surface area contributed by atoms with Crippen LogP contribution in [0, 0.1) is 0 Å². The van der Waals surface area contributed by atoms with Gasteiger partial charge in [-0.25, -0.2) is 8.42 Å². The lowest BCUT2D eigenvalue weighted by atomic mass is 10.1. The van der Waals surface area contributed by atoms with E-state index in [0.29, 0.717) is 11.3 Å². The molecule has 1 heterocycles. The van der Waals surface area contributed by atoms with E-state index >= 15 is 0 Å². The molecule has 1 atom stereocenters. The molecule has 0 unspecified atom stereocenters. The molecular formula is C16H19N3O3S. The molecule has 23 heavy (non-hydrogen) atoms. The van der Waals surface area contributed by atoms with Gasteiger partial charge in [-0.2, -0.15) is 0 Å². The topological polar surface area (TPSA) is 79.4 Å². The van der Waals surface area contributed by atoms with Crippen molar-refractivity contribution in [2.45, 2.75) is 13.0 Å². The van der Waals surface area contributed by atoms with E-state index in [4.69, 9.17) is 0 Å². The third-order valence-electron chi connectivity index (χ3n) is 3.50. The molecule has 0 aliphatic rings. The van der Waals surface area contributed by atoms with Gasteiger partial charge >= 0.3 is 0 Å². The molecule has 0 aliphatic heterocycles. The molecule has 1 aromatic heterocycles. The summed E-state index contributed by atoms with van der Waals surface area (Å²) in [5.41, 5.74) is 1.76. The Labute approximate surface area is 136 Å². The van der Waals surface area contributed by atoms with Crippen molar-refractivity contribution < 1.29 is 13.2 Å². The molecule has 0 aliphatic carbocycles. The summed E-state index contributed by atoms with van der Waals surface area (Å²) in [6.45, 7) is 1.92. The minimum absolute atomic E-state index is 0.128. The normalized spacial score (nSPS) is 12.5. The Hall–Kier alpha value is -2.41. The number of carbonyl (C=O) groups is 1. The number of hydrogen-bond acceptors (Lipinski definition) is 4. The Bertz CT molecular complexity index is 791. The third-order valence-corrected chi connectivity index (χ3v) is 4.11. The summed E-state index contributed by atoms with van der Waals surface area (Å²) in [7, 11) is -1.67. The number of anilines is 1. The van der Waals surface area contributed by atoms with E-state index in [-0.39, 0.29) is 11.9 Å². The summed E-state index contributed by atoms with van der Waals surface area (Å²) in [4.78, 5) is 18.2. The average Bonchev–Trinajstić information content (AvgIpc) is 2.52. The van der Waals surface area contributed by atoms with Gasteiger partial charge in [-0.1, -0.05) is 6.07 Å². The lowest BCUT2D eigenvalue weighted by Gasteiger charge is -2.25. The monoisotopic (exact) mass is 333 g/mol. The van der Waals surface area contributed by atoms with Crippen LogP contribution in [0.2, 0.25) is 0 Å². The first-order valence-electron chi connectivity index (χ1n) is 7.03. The fourth-order valence-corrected chi connectivity index (χ4v) is 2.73. The molecule has 0 radical (unpaired) electrons. The average molecular weight is 333 g/mol. The second-order valence-corrected chi connectivity index (χ2v) is 7.08. The fourth-order valence-electron chi connectivity index (χ4n) is 2.17. The van der Waals surface area contributed by atoms with Gasteiger partial charge in [0.1, 0.15) is 0 Å². The molecule has 0 saturated heterocycles. The van der Waals surface area contributed by atoms with Gasteiger partial charge in [-0.05, 0) is 42.8 Å². The van der Waals surface area contributed by atoms with Crippen molar-refractivity contribution in [3.8, 4) is 0 Å². The zero-order valence-electron chi connectivity index (χ0n) is 13.2. The molecule has 6 nitrogen and oxygen atoms in total. The van der Waals surface area contributed by atoms with Gasteiger partial charge < -0.3 is 4.90 Å². The molecule has 2 aromatic rings. The molecule has 7 heteroatoms. The predicted octanol–water partition coefficient (Wildman–Crippen LogP) is 2.29. The van der Waals surface area contributed by atoms with Crippen LogP contribution in [0.5, 0.6) is 0 Å². The second kappa shape index (κ2) is 6.78. The highest BCUT2D eigenvalue weighted by Crippen LogP contribution is 2.21. The second-order valence-electron chi connectivity index (χ2n) is 5.33. The van der Waals surface area contributed by atoms with E-state index in [1.54, 1.807) is 42.5 Å². The molecular weight excluding hydrogens is 314 g/mol. The first-order chi connectivity index (χ1) is 10.8. The molecule has 0 saturated carbocycles. The number of benzene rings is 1. The van der Waals surface area contributed by atoms with Crippen LogP contribution in [0.15, 0.2) is 48.8 Å². The van der Waals surface area contributed by atoms with E-state index in [1.807, 2.05) is 19.1 Å². The minimum atomic E-state index is -3.38. The number of aromatic nitrogens is 1. The van der Waals surface area contributed by atoms with Crippen LogP contribution in [0.3, 0.4) is 0 Å². The summed E-state index contributed by atoms with van der Waals surface area (Å²) in [6.07, 6.45) is 4.43. The van der Waals surface area contributed by atoms with Gasteiger partial charge in [0.15, 0.2) is 0 Å². The number of nitrogens with one attached hydrogen (secondary N) is 1. The van der Waals surface area contributed by atoms with Crippen LogP contribution in [-0.2, 0) is 10.0 Å². The Kier molecular flexibility index (Phi) is 5.00. The van der Waals surface area contributed by atoms with Crippen LogP contribution in [0.1, 0.15) is 28.9 Å². The summed E-state index contributed by atoms with van der Waals surface area (Å²) >= 11 is 0. The molecule has 0 spiro atoms. The van der Waals surface area contributed by atoms with Gasteiger partial charge in [0, 0.05) is 30.7 Å². The molecule has 1 N–H and O–H groups in total. The van der Waals surface area contributed by atoms with Crippen molar-refractivity contribution in [1.29, 1.82) is 0 Å². The molecule has 0 bridgehead atoms. The maximum atomic E-state index is 12.6. The maximum absolute atomic E-state index is 12.6. The lowest BCUT2D eigenvalue weighted by molar-refractivity contribution is 0.0742. The molecule has 1 aromatic carbocycles. The highest BCUT2D eigenvalue weighted by atomic mass is 32.2. The van der Waals surface area contributed by atoms with E-state index in [2.05, 4.69) is 9.71 Å². The van der Waals surface area contributed by atoms with Crippen molar-refractivity contribution in [1.82, 2.24) is 9.88 Å².